The van der Waals surface area contributed by atoms with Crippen molar-refractivity contribution in [3.05, 3.63) is 89.2 Å². The van der Waals surface area contributed by atoms with Crippen molar-refractivity contribution in [2.24, 2.45) is 0 Å². The third-order valence-electron chi connectivity index (χ3n) is 5.61. The van der Waals surface area contributed by atoms with E-state index in [2.05, 4.69) is 39.9 Å². The van der Waals surface area contributed by atoms with Crippen LogP contribution in [0.4, 0.5) is 11.4 Å². The SMILES string of the molecule is COc1ccc(NCc2nnc(SCC(=O)Nc3c(C)cccc3C)n2-c2ccc(C)cc2)cc1. The van der Waals surface area contributed by atoms with Crippen LogP contribution in [0.25, 0.3) is 5.69 Å². The fourth-order valence-corrected chi connectivity index (χ4v) is 4.44. The van der Waals surface area contributed by atoms with Crippen molar-refractivity contribution in [1.82, 2.24) is 14.8 Å². The van der Waals surface area contributed by atoms with Gasteiger partial charge in [-0.2, -0.15) is 0 Å². The van der Waals surface area contributed by atoms with Gasteiger partial charge in [0.25, 0.3) is 0 Å². The van der Waals surface area contributed by atoms with Crippen molar-refractivity contribution in [2.75, 3.05) is 23.5 Å². The molecule has 2 N–H and O–H groups in total. The van der Waals surface area contributed by atoms with Gasteiger partial charge in [-0.1, -0.05) is 47.7 Å². The summed E-state index contributed by atoms with van der Waals surface area (Å²) < 4.78 is 7.22. The topological polar surface area (TPSA) is 81.1 Å². The van der Waals surface area contributed by atoms with E-state index in [-0.39, 0.29) is 11.7 Å². The van der Waals surface area contributed by atoms with Crippen LogP contribution in [-0.4, -0.2) is 33.5 Å². The Morgan fingerprint density at radius 3 is 2.29 bits per heavy atom. The number of nitrogens with zero attached hydrogens (tertiary/aromatic N) is 3. The Balaban J connectivity index is 1.51. The summed E-state index contributed by atoms with van der Waals surface area (Å²) in [5.41, 5.74) is 6.01. The molecule has 0 atom stereocenters. The van der Waals surface area contributed by atoms with Gasteiger partial charge in [0.1, 0.15) is 5.75 Å². The number of benzene rings is 3. The van der Waals surface area contributed by atoms with E-state index < -0.39 is 0 Å². The predicted octanol–water partition coefficient (Wildman–Crippen LogP) is 5.54. The average molecular weight is 488 g/mol. The van der Waals surface area contributed by atoms with Crippen molar-refractivity contribution in [3.8, 4) is 11.4 Å². The number of amides is 1. The lowest BCUT2D eigenvalue weighted by atomic mass is 10.1. The molecule has 0 unspecified atom stereocenters. The minimum absolute atomic E-state index is 0.0798. The lowest BCUT2D eigenvalue weighted by molar-refractivity contribution is -0.113. The lowest BCUT2D eigenvalue weighted by Gasteiger charge is -2.13. The number of anilines is 2. The number of aryl methyl sites for hydroxylation is 3. The third-order valence-corrected chi connectivity index (χ3v) is 6.54. The van der Waals surface area contributed by atoms with Crippen molar-refractivity contribution in [1.29, 1.82) is 0 Å². The van der Waals surface area contributed by atoms with Crippen LogP contribution >= 0.6 is 11.8 Å². The van der Waals surface area contributed by atoms with E-state index in [1.54, 1.807) is 7.11 Å². The van der Waals surface area contributed by atoms with Crippen LogP contribution in [0.15, 0.2) is 71.9 Å². The first kappa shape index (κ1) is 24.3. The van der Waals surface area contributed by atoms with Crippen LogP contribution in [0.2, 0.25) is 0 Å². The number of nitrogens with one attached hydrogen (secondary N) is 2. The van der Waals surface area contributed by atoms with Gasteiger partial charge in [-0.15, -0.1) is 10.2 Å². The molecule has 0 saturated carbocycles. The highest BCUT2D eigenvalue weighted by atomic mass is 32.2. The van der Waals surface area contributed by atoms with E-state index in [0.29, 0.717) is 11.7 Å². The van der Waals surface area contributed by atoms with Gasteiger partial charge in [-0.3, -0.25) is 9.36 Å². The molecule has 0 saturated heterocycles. The smallest absolute Gasteiger partial charge is 0.234 e. The molecule has 8 heteroatoms. The van der Waals surface area contributed by atoms with Gasteiger partial charge in [-0.25, -0.2) is 0 Å². The zero-order valence-electron chi connectivity index (χ0n) is 20.3. The van der Waals surface area contributed by atoms with E-state index >= 15 is 0 Å². The van der Waals surface area contributed by atoms with Crippen molar-refractivity contribution in [3.63, 3.8) is 0 Å². The van der Waals surface area contributed by atoms with Crippen LogP contribution in [-0.2, 0) is 11.3 Å². The Hall–Kier alpha value is -3.78. The van der Waals surface area contributed by atoms with Gasteiger partial charge in [-0.05, 0) is 68.3 Å². The summed E-state index contributed by atoms with van der Waals surface area (Å²) in [4.78, 5) is 12.7. The molecular formula is C27H29N5O2S. The normalized spacial score (nSPS) is 10.7. The standard InChI is InChI=1S/C27H29N5O2S/c1-18-8-12-22(13-9-18)32-24(16-28-21-10-14-23(34-4)15-11-21)30-31-27(32)35-17-25(33)29-26-19(2)6-5-7-20(26)3/h5-15,28H,16-17H2,1-4H3,(H,29,33). The molecule has 4 rings (SSSR count). The monoisotopic (exact) mass is 487 g/mol. The van der Waals surface area contributed by atoms with Crippen LogP contribution in [0.1, 0.15) is 22.5 Å². The first-order valence-electron chi connectivity index (χ1n) is 11.3. The summed E-state index contributed by atoms with van der Waals surface area (Å²) in [6, 6.07) is 21.9. The summed E-state index contributed by atoms with van der Waals surface area (Å²) >= 11 is 1.37. The Labute approximate surface area is 209 Å². The Morgan fingerprint density at radius 1 is 0.943 bits per heavy atom. The van der Waals surface area contributed by atoms with Gasteiger partial charge < -0.3 is 15.4 Å². The molecule has 0 fully saturated rings. The summed E-state index contributed by atoms with van der Waals surface area (Å²) in [6.07, 6.45) is 0. The molecule has 180 valence electrons. The molecular weight excluding hydrogens is 458 g/mol. The second kappa shape index (κ2) is 11.1. The molecule has 3 aromatic carbocycles. The fraction of sp³-hybridized carbons (Fsp3) is 0.222. The maximum Gasteiger partial charge on any atom is 0.234 e. The minimum Gasteiger partial charge on any atom is -0.497 e. The number of thioether (sulfide) groups is 1. The van der Waals surface area contributed by atoms with Crippen LogP contribution in [0.3, 0.4) is 0 Å². The number of rotatable bonds is 9. The zero-order valence-corrected chi connectivity index (χ0v) is 21.1. The Kier molecular flexibility index (Phi) is 7.72. The van der Waals surface area contributed by atoms with E-state index in [1.165, 1.54) is 17.3 Å². The largest absolute Gasteiger partial charge is 0.497 e. The molecule has 0 bridgehead atoms. The number of aromatic nitrogens is 3. The number of ether oxygens (including phenoxy) is 1. The van der Waals surface area contributed by atoms with Crippen molar-refractivity contribution < 1.29 is 9.53 Å². The van der Waals surface area contributed by atoms with Gasteiger partial charge in [0, 0.05) is 17.1 Å². The number of carbonyl (C=O) groups is 1. The number of hydrogen-bond donors (Lipinski definition) is 2. The van der Waals surface area contributed by atoms with Gasteiger partial charge in [0.05, 0.1) is 19.4 Å². The molecule has 0 aliphatic heterocycles. The second-order valence-corrected chi connectivity index (χ2v) is 9.20. The summed E-state index contributed by atoms with van der Waals surface area (Å²) in [6.45, 7) is 6.51. The first-order chi connectivity index (χ1) is 16.9. The highest BCUT2D eigenvalue weighted by Gasteiger charge is 2.17. The molecule has 1 amide bonds. The predicted molar refractivity (Wildman–Crippen MR) is 142 cm³/mol. The van der Waals surface area contributed by atoms with Crippen molar-refractivity contribution >= 4 is 29.0 Å². The number of hydrogen-bond acceptors (Lipinski definition) is 6. The van der Waals surface area contributed by atoms with Crippen LogP contribution in [0.5, 0.6) is 5.75 Å². The van der Waals surface area contributed by atoms with E-state index in [0.717, 1.165) is 39.8 Å². The molecule has 4 aromatic rings. The first-order valence-corrected chi connectivity index (χ1v) is 12.3. The maximum absolute atomic E-state index is 12.7. The molecule has 0 aliphatic rings. The lowest BCUT2D eigenvalue weighted by Crippen LogP contribution is -2.16. The quantitative estimate of drug-likeness (QED) is 0.302. The molecule has 0 radical (unpaired) electrons. The highest BCUT2D eigenvalue weighted by molar-refractivity contribution is 7.99. The van der Waals surface area contributed by atoms with E-state index in [9.17, 15) is 4.79 Å². The number of para-hydroxylation sites is 1. The maximum atomic E-state index is 12.7. The Morgan fingerprint density at radius 2 is 1.63 bits per heavy atom. The number of carbonyl (C=O) groups excluding carboxylic acids is 1. The highest BCUT2D eigenvalue weighted by Crippen LogP contribution is 2.25. The second-order valence-electron chi connectivity index (χ2n) is 8.26. The van der Waals surface area contributed by atoms with Gasteiger partial charge in [0.2, 0.25) is 5.91 Å². The zero-order chi connectivity index (χ0) is 24.8. The fourth-order valence-electron chi connectivity index (χ4n) is 3.67. The molecule has 1 heterocycles. The molecule has 1 aromatic heterocycles. The Bertz CT molecular complexity index is 1280. The van der Waals surface area contributed by atoms with Gasteiger partial charge >= 0.3 is 0 Å². The summed E-state index contributed by atoms with van der Waals surface area (Å²) in [5.74, 6) is 1.70. The van der Waals surface area contributed by atoms with E-state index in [4.69, 9.17) is 4.74 Å². The molecule has 0 aliphatic carbocycles. The van der Waals surface area contributed by atoms with E-state index in [1.807, 2.05) is 73.0 Å². The molecule has 35 heavy (non-hydrogen) atoms. The summed E-state index contributed by atoms with van der Waals surface area (Å²) in [7, 11) is 1.65. The third kappa shape index (κ3) is 6.02. The number of methoxy groups -OCH3 is 1. The van der Waals surface area contributed by atoms with Crippen LogP contribution < -0.4 is 15.4 Å². The molecule has 7 nitrogen and oxygen atoms in total. The van der Waals surface area contributed by atoms with Gasteiger partial charge in [0.15, 0.2) is 11.0 Å². The molecule has 0 spiro atoms. The van der Waals surface area contributed by atoms with Crippen molar-refractivity contribution in [2.45, 2.75) is 32.5 Å². The average Bonchev–Trinajstić information content (AvgIpc) is 3.27. The summed E-state index contributed by atoms with van der Waals surface area (Å²) in [5, 5.41) is 15.9. The minimum atomic E-state index is -0.0798. The van der Waals surface area contributed by atoms with Crippen LogP contribution in [0, 0.1) is 20.8 Å².